The van der Waals surface area contributed by atoms with E-state index in [2.05, 4.69) is 55.6 Å². The first-order chi connectivity index (χ1) is 25.0. The molecule has 0 radical (unpaired) electrons. The number of aliphatic hydroxyl groups excluding tert-OH is 1. The van der Waals surface area contributed by atoms with Crippen molar-refractivity contribution in [1.29, 1.82) is 0 Å². The van der Waals surface area contributed by atoms with Crippen LogP contribution >= 0.6 is 7.82 Å². The summed E-state index contributed by atoms with van der Waals surface area (Å²) in [6.07, 6.45) is 43.0. The average molecular weight is 753 g/mol. The molecule has 304 valence electrons. The molecule has 0 rings (SSSR count). The molecule has 3 atom stereocenters. The zero-order valence-electron chi connectivity index (χ0n) is 34.2. The van der Waals surface area contributed by atoms with Crippen LogP contribution in [0.1, 0.15) is 168 Å². The van der Waals surface area contributed by atoms with Crippen LogP contribution in [0.25, 0.3) is 0 Å². The molecule has 0 aromatic rings. The minimum atomic E-state index is -4.60. The monoisotopic (exact) mass is 753 g/mol. The van der Waals surface area contributed by atoms with Crippen molar-refractivity contribution in [1.82, 2.24) is 5.32 Å². The highest BCUT2D eigenvalue weighted by atomic mass is 31.2. The van der Waals surface area contributed by atoms with Gasteiger partial charge in [0, 0.05) is 6.42 Å². The van der Waals surface area contributed by atoms with E-state index >= 15 is 0 Å². The lowest BCUT2D eigenvalue weighted by Crippen LogP contribution is -2.45. The summed E-state index contributed by atoms with van der Waals surface area (Å²) in [5.74, 6) is -0.225. The number of carbonyl (C=O) groups excluding carboxylic acids is 1. The molecule has 0 aliphatic heterocycles. The lowest BCUT2D eigenvalue weighted by Gasteiger charge is -2.29. The molecular weight excluding hydrogens is 671 g/mol. The van der Waals surface area contributed by atoms with E-state index < -0.39 is 26.6 Å². The van der Waals surface area contributed by atoms with E-state index in [1.165, 1.54) is 77.0 Å². The van der Waals surface area contributed by atoms with Crippen LogP contribution < -0.4 is 10.2 Å². The maximum Gasteiger partial charge on any atom is 0.268 e. The Labute approximate surface area is 320 Å². The van der Waals surface area contributed by atoms with Crippen LogP contribution in [0.3, 0.4) is 0 Å². The van der Waals surface area contributed by atoms with Gasteiger partial charge in [0.25, 0.3) is 7.82 Å². The van der Waals surface area contributed by atoms with Gasteiger partial charge < -0.3 is 28.8 Å². The average Bonchev–Trinajstić information content (AvgIpc) is 3.09. The van der Waals surface area contributed by atoms with Gasteiger partial charge in [-0.3, -0.25) is 9.36 Å². The van der Waals surface area contributed by atoms with Crippen molar-refractivity contribution in [2.24, 2.45) is 0 Å². The molecule has 0 aromatic heterocycles. The van der Waals surface area contributed by atoms with Crippen LogP contribution in [-0.2, 0) is 18.4 Å². The molecule has 8 nitrogen and oxygen atoms in total. The van der Waals surface area contributed by atoms with Crippen LogP contribution in [0.2, 0.25) is 0 Å². The third-order valence-corrected chi connectivity index (χ3v) is 9.95. The number of quaternary nitrogens is 1. The first-order valence-corrected chi connectivity index (χ1v) is 22.5. The number of phosphoric ester groups is 1. The topological polar surface area (TPSA) is 108 Å². The second-order valence-corrected chi connectivity index (χ2v) is 16.7. The summed E-state index contributed by atoms with van der Waals surface area (Å²) < 4.78 is 23.1. The standard InChI is InChI=1S/C43H81N2O6P/c1-6-8-10-12-14-16-18-19-20-21-22-23-24-25-27-28-30-32-34-36-42(46)41(40-51-52(48,49)50-39-38-45(3,4)5)44-43(47)37-35-33-31-29-26-17-15-13-11-9-7-2/h13,15,22-23,27-28,34,36,41-42,46H,6-12,14,16-21,24-26,29-33,35,37-40H2,1-5H3,(H-,44,47,48,49)/b15-13-,23-22+,28-27+,36-34+. The van der Waals surface area contributed by atoms with Crippen molar-refractivity contribution < 1.29 is 32.9 Å². The highest BCUT2D eigenvalue weighted by Crippen LogP contribution is 2.38. The fraction of sp³-hybridized carbons (Fsp3) is 0.791. The molecule has 0 spiro atoms. The van der Waals surface area contributed by atoms with Gasteiger partial charge in [-0.25, -0.2) is 0 Å². The summed E-state index contributed by atoms with van der Waals surface area (Å²) in [4.78, 5) is 25.2. The SMILES string of the molecule is CCCC/C=C\CCCCCCCC(=O)NC(COP(=O)([O-])OCC[N+](C)(C)C)C(O)/C=C/CC/C=C/CC/C=C/CCCCCCCCCCC. The summed E-state index contributed by atoms with van der Waals surface area (Å²) in [6.45, 7) is 4.54. The van der Waals surface area contributed by atoms with Gasteiger partial charge in [0.05, 0.1) is 39.9 Å². The number of nitrogens with one attached hydrogen (secondary N) is 1. The number of likely N-dealkylation sites (N-methyl/N-ethyl adjacent to an activating group) is 1. The second-order valence-electron chi connectivity index (χ2n) is 15.3. The lowest BCUT2D eigenvalue weighted by atomic mass is 10.1. The molecule has 0 aromatic carbocycles. The quantitative estimate of drug-likeness (QED) is 0.0283. The Bertz CT molecular complexity index is 991. The van der Waals surface area contributed by atoms with Crippen LogP contribution in [0.5, 0.6) is 0 Å². The van der Waals surface area contributed by atoms with E-state index in [0.717, 1.165) is 70.6 Å². The molecule has 1 amide bonds. The number of rotatable bonds is 37. The predicted molar refractivity (Wildman–Crippen MR) is 219 cm³/mol. The molecule has 3 unspecified atom stereocenters. The van der Waals surface area contributed by atoms with Gasteiger partial charge in [0.15, 0.2) is 0 Å². The lowest BCUT2D eigenvalue weighted by molar-refractivity contribution is -0.870. The Kier molecular flexibility index (Phi) is 34.1. The fourth-order valence-electron chi connectivity index (χ4n) is 5.57. The molecule has 0 saturated heterocycles. The zero-order valence-corrected chi connectivity index (χ0v) is 35.1. The second kappa shape index (κ2) is 35.2. The van der Waals surface area contributed by atoms with E-state index in [1.54, 1.807) is 6.08 Å². The molecule has 0 fully saturated rings. The number of nitrogens with zero attached hydrogens (tertiary/aromatic N) is 1. The van der Waals surface area contributed by atoms with E-state index in [1.807, 2.05) is 27.2 Å². The summed E-state index contributed by atoms with van der Waals surface area (Å²) in [5, 5.41) is 13.7. The number of aliphatic hydroxyl groups is 1. The third kappa shape index (κ3) is 36.8. The van der Waals surface area contributed by atoms with Crippen LogP contribution in [0.4, 0.5) is 0 Å². The molecule has 0 heterocycles. The number of carbonyl (C=O) groups is 1. The highest BCUT2D eigenvalue weighted by Gasteiger charge is 2.23. The largest absolute Gasteiger partial charge is 0.756 e. The maximum absolute atomic E-state index is 12.8. The summed E-state index contributed by atoms with van der Waals surface area (Å²) in [7, 11) is 1.22. The van der Waals surface area contributed by atoms with E-state index in [-0.39, 0.29) is 12.5 Å². The van der Waals surface area contributed by atoms with E-state index in [4.69, 9.17) is 9.05 Å². The first kappa shape index (κ1) is 50.5. The van der Waals surface area contributed by atoms with Crippen molar-refractivity contribution in [3.63, 3.8) is 0 Å². The maximum atomic E-state index is 12.8. The summed E-state index contributed by atoms with van der Waals surface area (Å²) >= 11 is 0. The van der Waals surface area contributed by atoms with Crippen molar-refractivity contribution in [2.45, 2.75) is 180 Å². The third-order valence-electron chi connectivity index (χ3n) is 8.99. The van der Waals surface area contributed by atoms with E-state index in [9.17, 15) is 19.4 Å². The molecule has 0 aliphatic carbocycles. The van der Waals surface area contributed by atoms with Gasteiger partial charge in [-0.2, -0.15) is 0 Å². The minimum absolute atomic E-state index is 0.0118. The molecule has 9 heteroatoms. The predicted octanol–water partition coefficient (Wildman–Crippen LogP) is 10.7. The van der Waals surface area contributed by atoms with Crippen molar-refractivity contribution in [3.8, 4) is 0 Å². The van der Waals surface area contributed by atoms with Crippen LogP contribution in [-0.4, -0.2) is 68.5 Å². The number of amides is 1. The number of hydrogen-bond acceptors (Lipinski definition) is 6. The van der Waals surface area contributed by atoms with Gasteiger partial charge in [-0.05, 0) is 64.2 Å². The van der Waals surface area contributed by atoms with Gasteiger partial charge in [-0.1, -0.05) is 146 Å². The molecule has 52 heavy (non-hydrogen) atoms. The van der Waals surface area contributed by atoms with Gasteiger partial charge in [0.1, 0.15) is 13.2 Å². The minimum Gasteiger partial charge on any atom is -0.756 e. The summed E-state index contributed by atoms with van der Waals surface area (Å²) in [6, 6.07) is -0.912. The van der Waals surface area contributed by atoms with Gasteiger partial charge in [-0.15, -0.1) is 0 Å². The van der Waals surface area contributed by atoms with Gasteiger partial charge in [0.2, 0.25) is 5.91 Å². The Morgan fingerprint density at radius 1 is 0.654 bits per heavy atom. The normalized spacial score (nSPS) is 15.0. The molecule has 0 saturated carbocycles. The van der Waals surface area contributed by atoms with Crippen molar-refractivity contribution in [2.75, 3.05) is 40.9 Å². The Balaban J connectivity index is 4.54. The number of hydrogen-bond donors (Lipinski definition) is 2. The molecule has 0 aliphatic rings. The van der Waals surface area contributed by atoms with Crippen LogP contribution in [0, 0.1) is 0 Å². The fourth-order valence-corrected chi connectivity index (χ4v) is 6.30. The number of allylic oxidation sites excluding steroid dienone is 7. The Morgan fingerprint density at radius 3 is 1.62 bits per heavy atom. The Morgan fingerprint density at radius 2 is 1.10 bits per heavy atom. The molecular formula is C43H81N2O6P. The number of unbranched alkanes of at least 4 members (excludes halogenated alkanes) is 18. The van der Waals surface area contributed by atoms with Crippen molar-refractivity contribution >= 4 is 13.7 Å². The van der Waals surface area contributed by atoms with E-state index in [0.29, 0.717) is 17.4 Å². The smallest absolute Gasteiger partial charge is 0.268 e. The molecule has 0 bridgehead atoms. The zero-order chi connectivity index (χ0) is 38.6. The number of phosphoric acid groups is 1. The molecule has 2 N–H and O–H groups in total. The van der Waals surface area contributed by atoms with Crippen molar-refractivity contribution in [3.05, 3.63) is 48.6 Å². The highest BCUT2D eigenvalue weighted by molar-refractivity contribution is 7.45. The van der Waals surface area contributed by atoms with Gasteiger partial charge >= 0.3 is 0 Å². The van der Waals surface area contributed by atoms with Crippen LogP contribution in [0.15, 0.2) is 48.6 Å². The summed E-state index contributed by atoms with van der Waals surface area (Å²) in [5.41, 5.74) is 0. The Hall–Kier alpha value is -1.54. The first-order valence-electron chi connectivity index (χ1n) is 21.0.